The third-order valence-corrected chi connectivity index (χ3v) is 5.30. The van der Waals surface area contributed by atoms with Crippen LogP contribution in [0.15, 0.2) is 54.9 Å². The van der Waals surface area contributed by atoms with E-state index in [2.05, 4.69) is 32.3 Å². The van der Waals surface area contributed by atoms with E-state index < -0.39 is 0 Å². The van der Waals surface area contributed by atoms with Gasteiger partial charge in [0.15, 0.2) is 0 Å². The van der Waals surface area contributed by atoms with Gasteiger partial charge < -0.3 is 15.0 Å². The van der Waals surface area contributed by atoms with E-state index in [0.717, 1.165) is 43.9 Å². The van der Waals surface area contributed by atoms with Gasteiger partial charge in [0.1, 0.15) is 0 Å². The summed E-state index contributed by atoms with van der Waals surface area (Å²) in [6.07, 6.45) is 5.01. The number of morpholine rings is 1. The van der Waals surface area contributed by atoms with Crippen LogP contribution >= 0.6 is 0 Å². The number of aryl methyl sites for hydroxylation is 1. The van der Waals surface area contributed by atoms with Crippen molar-refractivity contribution in [2.75, 3.05) is 32.8 Å². The zero-order valence-corrected chi connectivity index (χ0v) is 15.9. The van der Waals surface area contributed by atoms with Crippen LogP contribution in [0, 0.1) is 0 Å². The fourth-order valence-electron chi connectivity index (χ4n) is 3.77. The lowest BCUT2D eigenvalue weighted by molar-refractivity contribution is -0.121. The highest BCUT2D eigenvalue weighted by atomic mass is 16.5. The lowest BCUT2D eigenvalue weighted by Crippen LogP contribution is -2.44. The Hall–Kier alpha value is -2.70. The zero-order valence-electron chi connectivity index (χ0n) is 15.9. The van der Waals surface area contributed by atoms with Crippen molar-refractivity contribution in [2.45, 2.75) is 18.9 Å². The molecule has 0 aliphatic carbocycles. The number of rotatable bonds is 7. The van der Waals surface area contributed by atoms with E-state index in [1.807, 2.05) is 42.7 Å². The summed E-state index contributed by atoms with van der Waals surface area (Å²) in [5.41, 5.74) is 3.28. The maximum absolute atomic E-state index is 12.5. The molecule has 0 bridgehead atoms. The zero-order chi connectivity index (χ0) is 19.2. The van der Waals surface area contributed by atoms with Gasteiger partial charge in [-0.25, -0.2) is 0 Å². The van der Waals surface area contributed by atoms with Gasteiger partial charge in [-0.3, -0.25) is 14.7 Å². The van der Waals surface area contributed by atoms with Gasteiger partial charge in [-0.1, -0.05) is 24.3 Å². The van der Waals surface area contributed by atoms with Crippen LogP contribution in [0.3, 0.4) is 0 Å². The number of hydrogen-bond acceptors (Lipinski definition) is 4. The summed E-state index contributed by atoms with van der Waals surface area (Å²) < 4.78 is 5.47. The minimum absolute atomic E-state index is 0.0690. The van der Waals surface area contributed by atoms with E-state index in [-0.39, 0.29) is 11.9 Å². The first-order chi connectivity index (χ1) is 13.8. The molecule has 1 aromatic carbocycles. The van der Waals surface area contributed by atoms with Crippen molar-refractivity contribution in [3.63, 3.8) is 0 Å². The van der Waals surface area contributed by atoms with Crippen LogP contribution in [-0.4, -0.2) is 53.6 Å². The first-order valence-corrected chi connectivity index (χ1v) is 9.85. The third-order valence-electron chi connectivity index (χ3n) is 5.30. The second-order valence-electron chi connectivity index (χ2n) is 7.08. The molecule has 1 aliphatic rings. The number of carbonyl (C=O) groups excluding carboxylic acids is 1. The lowest BCUT2D eigenvalue weighted by atomic mass is 10.1. The molecule has 2 aromatic heterocycles. The van der Waals surface area contributed by atoms with Gasteiger partial charge in [-0.15, -0.1) is 0 Å². The molecule has 1 atom stereocenters. The second-order valence-corrected chi connectivity index (χ2v) is 7.08. The number of aromatic nitrogens is 2. The molecule has 1 amide bonds. The minimum atomic E-state index is 0.0690. The number of fused-ring (bicyclic) bond motifs is 1. The van der Waals surface area contributed by atoms with Crippen molar-refractivity contribution in [1.82, 2.24) is 20.2 Å². The Kier molecular flexibility index (Phi) is 5.99. The average molecular weight is 378 g/mol. The van der Waals surface area contributed by atoms with Gasteiger partial charge in [-0.2, -0.15) is 0 Å². The molecule has 2 N–H and O–H groups in total. The number of carbonyl (C=O) groups is 1. The van der Waals surface area contributed by atoms with Gasteiger partial charge in [0, 0.05) is 49.4 Å². The number of para-hydroxylation sites is 1. The molecule has 146 valence electrons. The highest BCUT2D eigenvalue weighted by molar-refractivity contribution is 5.84. The highest BCUT2D eigenvalue weighted by Gasteiger charge is 2.24. The lowest BCUT2D eigenvalue weighted by Gasteiger charge is -2.34. The van der Waals surface area contributed by atoms with Gasteiger partial charge in [0.05, 0.1) is 24.9 Å². The second kappa shape index (κ2) is 8.99. The molecular formula is C22H26N4O2. The van der Waals surface area contributed by atoms with Crippen molar-refractivity contribution in [1.29, 1.82) is 0 Å². The van der Waals surface area contributed by atoms with Gasteiger partial charge >= 0.3 is 0 Å². The number of pyridine rings is 1. The maximum Gasteiger partial charge on any atom is 0.220 e. The number of benzene rings is 1. The smallest absolute Gasteiger partial charge is 0.220 e. The Bertz CT molecular complexity index is 903. The van der Waals surface area contributed by atoms with Crippen LogP contribution in [0.2, 0.25) is 0 Å². The van der Waals surface area contributed by atoms with E-state index in [9.17, 15) is 4.79 Å². The largest absolute Gasteiger partial charge is 0.379 e. The quantitative estimate of drug-likeness (QED) is 0.663. The summed E-state index contributed by atoms with van der Waals surface area (Å²) in [4.78, 5) is 22.6. The number of hydrogen-bond donors (Lipinski definition) is 2. The van der Waals surface area contributed by atoms with Crippen molar-refractivity contribution in [3.05, 3.63) is 66.1 Å². The Balaban J connectivity index is 1.36. The molecule has 6 heteroatoms. The summed E-state index contributed by atoms with van der Waals surface area (Å²) in [6.45, 7) is 3.71. The Morgan fingerprint density at radius 3 is 2.82 bits per heavy atom. The van der Waals surface area contributed by atoms with E-state index in [0.29, 0.717) is 13.0 Å². The minimum Gasteiger partial charge on any atom is -0.379 e. The van der Waals surface area contributed by atoms with Crippen LogP contribution in [0.5, 0.6) is 0 Å². The van der Waals surface area contributed by atoms with Crippen molar-refractivity contribution < 1.29 is 9.53 Å². The van der Waals surface area contributed by atoms with Crippen molar-refractivity contribution in [3.8, 4) is 0 Å². The number of amides is 1. The number of H-pyrrole nitrogens is 1. The molecule has 4 rings (SSSR count). The summed E-state index contributed by atoms with van der Waals surface area (Å²) >= 11 is 0. The summed E-state index contributed by atoms with van der Waals surface area (Å²) in [5.74, 6) is 0.0690. The number of nitrogens with one attached hydrogen (secondary N) is 2. The standard InChI is InChI=1S/C22H26N4O2/c27-22(9-8-17-15-24-19-6-2-1-5-18(17)19)25-16-21(20-7-3-4-10-23-20)26-11-13-28-14-12-26/h1-7,10,15,21,24H,8-9,11-14,16H2,(H,25,27)/t21-/m1/s1. The molecule has 28 heavy (non-hydrogen) atoms. The first kappa shape index (κ1) is 18.7. The molecule has 0 spiro atoms. The predicted octanol–water partition coefficient (Wildman–Crippen LogP) is 2.69. The Morgan fingerprint density at radius 2 is 2.00 bits per heavy atom. The average Bonchev–Trinajstić information content (AvgIpc) is 3.17. The molecule has 3 aromatic rings. The topological polar surface area (TPSA) is 70.2 Å². The summed E-state index contributed by atoms with van der Waals surface area (Å²) in [7, 11) is 0. The van der Waals surface area contributed by atoms with Crippen LogP contribution < -0.4 is 5.32 Å². The normalized spacial score (nSPS) is 16.1. The van der Waals surface area contributed by atoms with Crippen molar-refractivity contribution >= 4 is 16.8 Å². The Labute approximate surface area is 164 Å². The van der Waals surface area contributed by atoms with Crippen LogP contribution in [-0.2, 0) is 16.0 Å². The fourth-order valence-corrected chi connectivity index (χ4v) is 3.77. The Morgan fingerprint density at radius 1 is 1.18 bits per heavy atom. The molecular weight excluding hydrogens is 352 g/mol. The van der Waals surface area contributed by atoms with Crippen LogP contribution in [0.25, 0.3) is 10.9 Å². The summed E-state index contributed by atoms with van der Waals surface area (Å²) in [6, 6.07) is 14.2. The molecule has 1 aliphatic heterocycles. The predicted molar refractivity (Wildman–Crippen MR) is 109 cm³/mol. The molecule has 0 radical (unpaired) electrons. The van der Waals surface area contributed by atoms with Crippen LogP contribution in [0.1, 0.15) is 23.7 Å². The van der Waals surface area contributed by atoms with Crippen LogP contribution in [0.4, 0.5) is 0 Å². The van der Waals surface area contributed by atoms with Crippen molar-refractivity contribution in [2.24, 2.45) is 0 Å². The molecule has 1 saturated heterocycles. The monoisotopic (exact) mass is 378 g/mol. The van der Waals surface area contributed by atoms with Gasteiger partial charge in [-0.05, 0) is 30.2 Å². The van der Waals surface area contributed by atoms with E-state index in [4.69, 9.17) is 4.74 Å². The van der Waals surface area contributed by atoms with Gasteiger partial charge in [0.25, 0.3) is 0 Å². The first-order valence-electron chi connectivity index (χ1n) is 9.85. The number of aromatic amines is 1. The van der Waals surface area contributed by atoms with E-state index in [1.165, 1.54) is 10.9 Å². The number of nitrogens with zero attached hydrogens (tertiary/aromatic N) is 2. The maximum atomic E-state index is 12.5. The summed E-state index contributed by atoms with van der Waals surface area (Å²) in [5, 5.41) is 4.31. The molecule has 0 saturated carbocycles. The highest BCUT2D eigenvalue weighted by Crippen LogP contribution is 2.20. The van der Waals surface area contributed by atoms with E-state index >= 15 is 0 Å². The molecule has 6 nitrogen and oxygen atoms in total. The fraction of sp³-hybridized carbons (Fsp3) is 0.364. The van der Waals surface area contributed by atoms with E-state index in [1.54, 1.807) is 0 Å². The number of ether oxygens (including phenoxy) is 1. The molecule has 1 fully saturated rings. The molecule has 0 unspecified atom stereocenters. The SMILES string of the molecule is O=C(CCc1c[nH]c2ccccc12)NC[C@H](c1ccccn1)N1CCOCC1. The third kappa shape index (κ3) is 4.40. The molecule has 3 heterocycles. The van der Waals surface area contributed by atoms with Gasteiger partial charge in [0.2, 0.25) is 5.91 Å².